The minimum absolute atomic E-state index is 0.0170. The molecule has 0 radical (unpaired) electrons. The average Bonchev–Trinajstić information content (AvgIpc) is 3.30. The molecule has 4 rings (SSSR count). The summed E-state index contributed by atoms with van der Waals surface area (Å²) in [5, 5.41) is 0. The zero-order valence-electron chi connectivity index (χ0n) is 27.1. The van der Waals surface area contributed by atoms with Crippen LogP contribution in [-0.2, 0) is 25.7 Å². The van der Waals surface area contributed by atoms with Crippen molar-refractivity contribution in [2.75, 3.05) is 44.2 Å². The Balaban J connectivity index is 1.60. The molecule has 0 unspecified atom stereocenters. The number of carbonyl (C=O) groups excluding carboxylic acids is 3. The van der Waals surface area contributed by atoms with E-state index in [0.717, 1.165) is 16.7 Å². The van der Waals surface area contributed by atoms with Crippen molar-refractivity contribution in [2.24, 2.45) is 0 Å². The molecule has 0 saturated carbocycles. The summed E-state index contributed by atoms with van der Waals surface area (Å²) in [6, 6.07) is 0.797. The van der Waals surface area contributed by atoms with E-state index in [1.807, 2.05) is 60.3 Å². The first kappa shape index (κ1) is 32.8. The molecule has 3 amide bonds. The number of anilines is 1. The molecule has 1 fully saturated rings. The third-order valence-electron chi connectivity index (χ3n) is 8.72. The molecule has 0 aliphatic carbocycles. The molecule has 0 bridgehead atoms. The van der Waals surface area contributed by atoms with Gasteiger partial charge in [-0.1, -0.05) is 27.2 Å². The summed E-state index contributed by atoms with van der Waals surface area (Å²) in [5.74, 6) is -3.35. The molecule has 43 heavy (non-hydrogen) atoms. The van der Waals surface area contributed by atoms with Gasteiger partial charge in [-0.15, -0.1) is 0 Å². The van der Waals surface area contributed by atoms with Gasteiger partial charge in [-0.3, -0.25) is 19.5 Å². The number of carbonyl (C=O) groups is 3. The van der Waals surface area contributed by atoms with Gasteiger partial charge in [0.2, 0.25) is 11.8 Å². The first-order valence-corrected chi connectivity index (χ1v) is 15.2. The van der Waals surface area contributed by atoms with E-state index in [4.69, 9.17) is 4.74 Å². The average molecular weight is 604 g/mol. The van der Waals surface area contributed by atoms with Crippen molar-refractivity contribution in [1.29, 1.82) is 0 Å². The van der Waals surface area contributed by atoms with Crippen LogP contribution in [0.25, 0.3) is 0 Å². The summed E-state index contributed by atoms with van der Waals surface area (Å²) in [6.07, 6.45) is 1.05. The second-order valence-electron chi connectivity index (χ2n) is 14.1. The highest BCUT2D eigenvalue weighted by atomic mass is 19.3. The number of hydrogen-bond acceptors (Lipinski definition) is 6. The van der Waals surface area contributed by atoms with Crippen molar-refractivity contribution >= 4 is 23.6 Å². The molecule has 0 spiro atoms. The monoisotopic (exact) mass is 603 g/mol. The number of nitrogens with zero attached hydrogens (tertiary/aromatic N) is 5. The molecule has 1 saturated heterocycles. The number of halogens is 2. The van der Waals surface area contributed by atoms with Crippen LogP contribution in [0.5, 0.6) is 0 Å². The van der Waals surface area contributed by atoms with Crippen molar-refractivity contribution in [1.82, 2.24) is 19.7 Å². The lowest BCUT2D eigenvalue weighted by Gasteiger charge is -2.46. The number of pyridine rings is 1. The lowest BCUT2D eigenvalue weighted by molar-refractivity contribution is -0.127. The molecule has 1 aromatic rings. The van der Waals surface area contributed by atoms with E-state index in [9.17, 15) is 23.2 Å². The van der Waals surface area contributed by atoms with Gasteiger partial charge >= 0.3 is 6.09 Å². The van der Waals surface area contributed by atoms with E-state index in [0.29, 0.717) is 38.3 Å². The molecule has 4 heterocycles. The van der Waals surface area contributed by atoms with Crippen molar-refractivity contribution in [2.45, 2.75) is 104 Å². The van der Waals surface area contributed by atoms with Crippen molar-refractivity contribution in [3.63, 3.8) is 0 Å². The SMILES string of the molecule is CCCC(F)(F)c1cc2c(cn1)C(C)(C)CN2C(=O)CN1C[C@@H](C)N(C(=O)OC(C)(C)C)C[C@@H]1CN1CC(C)=C(C)C1=O. The molecule has 238 valence electrons. The zero-order chi connectivity index (χ0) is 32.1. The molecule has 11 heteroatoms. The van der Waals surface area contributed by atoms with Gasteiger partial charge in [0.1, 0.15) is 11.3 Å². The topological polar surface area (TPSA) is 86.3 Å². The van der Waals surface area contributed by atoms with Crippen LogP contribution < -0.4 is 4.90 Å². The van der Waals surface area contributed by atoms with E-state index in [1.54, 1.807) is 21.6 Å². The molecule has 3 aliphatic heterocycles. The first-order chi connectivity index (χ1) is 19.8. The minimum Gasteiger partial charge on any atom is -0.444 e. The Morgan fingerprint density at radius 2 is 1.84 bits per heavy atom. The van der Waals surface area contributed by atoms with Gasteiger partial charge < -0.3 is 19.4 Å². The Morgan fingerprint density at radius 1 is 1.16 bits per heavy atom. The fourth-order valence-electron chi connectivity index (χ4n) is 6.23. The number of piperazine rings is 1. The number of alkyl halides is 2. The predicted molar refractivity (Wildman–Crippen MR) is 161 cm³/mol. The summed E-state index contributed by atoms with van der Waals surface area (Å²) in [7, 11) is 0. The van der Waals surface area contributed by atoms with Crippen LogP contribution >= 0.6 is 0 Å². The van der Waals surface area contributed by atoms with Crippen LogP contribution in [0.3, 0.4) is 0 Å². The third kappa shape index (κ3) is 6.86. The van der Waals surface area contributed by atoms with Gasteiger partial charge in [0.05, 0.1) is 12.2 Å². The Labute approximate surface area is 254 Å². The standard InChI is InChI=1S/C32H47F2N5O4/c1-10-11-32(33,34)26-12-25-24(13-35-26)31(8,9)19-39(25)27(40)18-36-15-21(3)38(29(42)43-30(5,6)7)17-23(36)16-37-14-20(2)22(4)28(37)41/h12-13,21,23H,10-11,14-19H2,1-9H3/t21-,23+/m1/s1. The summed E-state index contributed by atoms with van der Waals surface area (Å²) >= 11 is 0. The lowest BCUT2D eigenvalue weighted by Crippen LogP contribution is -2.63. The van der Waals surface area contributed by atoms with E-state index in [2.05, 4.69) is 4.98 Å². The summed E-state index contributed by atoms with van der Waals surface area (Å²) in [4.78, 5) is 51.3. The van der Waals surface area contributed by atoms with Crippen LogP contribution in [0.4, 0.5) is 19.3 Å². The Kier molecular flexibility index (Phi) is 8.99. The molecule has 2 atom stereocenters. The number of ether oxygens (including phenoxy) is 1. The minimum atomic E-state index is -3.09. The molecule has 1 aromatic heterocycles. The third-order valence-corrected chi connectivity index (χ3v) is 8.72. The Bertz CT molecular complexity index is 1300. The van der Waals surface area contributed by atoms with Gasteiger partial charge in [-0.25, -0.2) is 4.79 Å². The number of fused-ring (bicyclic) bond motifs is 1. The number of amides is 3. The maximum atomic E-state index is 14.8. The van der Waals surface area contributed by atoms with Gasteiger partial charge in [-0.05, 0) is 53.2 Å². The van der Waals surface area contributed by atoms with Gasteiger partial charge in [0, 0.05) is 74.0 Å². The Hall–Kier alpha value is -3.08. The van der Waals surface area contributed by atoms with E-state index >= 15 is 0 Å². The summed E-state index contributed by atoms with van der Waals surface area (Å²) in [6.45, 7) is 18.6. The van der Waals surface area contributed by atoms with Crippen molar-refractivity contribution < 1.29 is 27.9 Å². The second-order valence-corrected chi connectivity index (χ2v) is 14.1. The second kappa shape index (κ2) is 11.8. The maximum absolute atomic E-state index is 14.8. The molecule has 0 aromatic carbocycles. The number of rotatable bonds is 7. The number of aromatic nitrogens is 1. The Morgan fingerprint density at radius 3 is 2.42 bits per heavy atom. The summed E-state index contributed by atoms with van der Waals surface area (Å²) in [5.41, 5.74) is 1.50. The van der Waals surface area contributed by atoms with Crippen LogP contribution in [0.15, 0.2) is 23.4 Å². The largest absolute Gasteiger partial charge is 0.444 e. The van der Waals surface area contributed by atoms with Crippen LogP contribution in [0.1, 0.15) is 86.4 Å². The highest BCUT2D eigenvalue weighted by Crippen LogP contribution is 2.43. The zero-order valence-corrected chi connectivity index (χ0v) is 27.1. The van der Waals surface area contributed by atoms with E-state index in [-0.39, 0.29) is 49.1 Å². The highest BCUT2D eigenvalue weighted by molar-refractivity contribution is 5.98. The van der Waals surface area contributed by atoms with E-state index in [1.165, 1.54) is 12.3 Å². The quantitative estimate of drug-likeness (QED) is 0.432. The summed E-state index contributed by atoms with van der Waals surface area (Å²) < 4.78 is 35.4. The van der Waals surface area contributed by atoms with Crippen LogP contribution in [0.2, 0.25) is 0 Å². The van der Waals surface area contributed by atoms with Crippen molar-refractivity contribution in [3.05, 3.63) is 34.7 Å². The first-order valence-electron chi connectivity index (χ1n) is 15.2. The smallest absolute Gasteiger partial charge is 0.410 e. The maximum Gasteiger partial charge on any atom is 0.410 e. The molecule has 0 N–H and O–H groups in total. The van der Waals surface area contributed by atoms with Crippen LogP contribution in [-0.4, -0.2) is 94.5 Å². The van der Waals surface area contributed by atoms with Crippen molar-refractivity contribution in [3.8, 4) is 0 Å². The molecular formula is C32H47F2N5O4. The molecule has 3 aliphatic rings. The van der Waals surface area contributed by atoms with Gasteiger partial charge in [0.25, 0.3) is 5.92 Å². The lowest BCUT2D eigenvalue weighted by atomic mass is 9.88. The molecular weight excluding hydrogens is 556 g/mol. The molecule has 9 nitrogen and oxygen atoms in total. The fraction of sp³-hybridized carbons (Fsp3) is 0.688. The van der Waals surface area contributed by atoms with Gasteiger partial charge in [-0.2, -0.15) is 8.78 Å². The predicted octanol–water partition coefficient (Wildman–Crippen LogP) is 5.09. The van der Waals surface area contributed by atoms with Gasteiger partial charge in [0.15, 0.2) is 0 Å². The number of hydrogen-bond donors (Lipinski definition) is 0. The highest BCUT2D eigenvalue weighted by Gasteiger charge is 2.44. The van der Waals surface area contributed by atoms with Crippen LogP contribution in [0, 0.1) is 0 Å². The fourth-order valence-corrected chi connectivity index (χ4v) is 6.23. The van der Waals surface area contributed by atoms with E-state index < -0.39 is 23.0 Å². The normalized spacial score (nSPS) is 22.9.